The number of carbonyl (C=O) groups excluding carboxylic acids is 1. The van der Waals surface area contributed by atoms with E-state index in [1.807, 2.05) is 36.5 Å². The first-order valence-electron chi connectivity index (χ1n) is 8.46. The molecular weight excluding hydrogens is 371 g/mol. The molecule has 5 nitrogen and oxygen atoms in total. The van der Waals surface area contributed by atoms with Crippen molar-refractivity contribution >= 4 is 5.91 Å². The molecule has 0 bridgehead atoms. The van der Waals surface area contributed by atoms with Gasteiger partial charge >= 0.3 is 6.18 Å². The second-order valence-electron chi connectivity index (χ2n) is 6.19. The predicted octanol–water partition coefficient (Wildman–Crippen LogP) is 3.93. The fourth-order valence-corrected chi connectivity index (χ4v) is 2.54. The number of aromatic nitrogens is 2. The number of ether oxygens (including phenoxy) is 1. The number of hydrogen-bond donors (Lipinski definition) is 0. The maximum absolute atomic E-state index is 12.7. The third kappa shape index (κ3) is 4.91. The summed E-state index contributed by atoms with van der Waals surface area (Å²) < 4.78 is 45.1. The summed E-state index contributed by atoms with van der Waals surface area (Å²) in [5.41, 5.74) is 0.897. The van der Waals surface area contributed by atoms with Crippen LogP contribution < -0.4 is 4.74 Å². The molecule has 3 aromatic rings. The van der Waals surface area contributed by atoms with Crippen molar-refractivity contribution in [2.45, 2.75) is 12.7 Å². The number of amides is 1. The van der Waals surface area contributed by atoms with E-state index in [0.717, 1.165) is 23.4 Å². The van der Waals surface area contributed by atoms with Gasteiger partial charge in [-0.3, -0.25) is 4.79 Å². The van der Waals surface area contributed by atoms with Crippen LogP contribution in [0.2, 0.25) is 0 Å². The Morgan fingerprint density at radius 3 is 2.61 bits per heavy atom. The molecule has 0 atom stereocenters. The summed E-state index contributed by atoms with van der Waals surface area (Å²) in [5, 5.41) is 4.27. The lowest BCUT2D eigenvalue weighted by Crippen LogP contribution is -2.30. The molecule has 0 spiro atoms. The van der Waals surface area contributed by atoms with Crippen molar-refractivity contribution in [3.05, 3.63) is 78.1 Å². The third-order valence-electron chi connectivity index (χ3n) is 4.03. The van der Waals surface area contributed by atoms with Crippen LogP contribution in [-0.4, -0.2) is 34.2 Å². The van der Waals surface area contributed by atoms with Crippen LogP contribution in [0.4, 0.5) is 13.2 Å². The van der Waals surface area contributed by atoms with Crippen LogP contribution in [0, 0.1) is 0 Å². The van der Waals surface area contributed by atoms with Crippen LogP contribution in [0.5, 0.6) is 5.75 Å². The van der Waals surface area contributed by atoms with Gasteiger partial charge in [0.15, 0.2) is 6.61 Å². The van der Waals surface area contributed by atoms with Crippen molar-refractivity contribution in [3.63, 3.8) is 0 Å². The lowest BCUT2D eigenvalue weighted by molar-refractivity contribution is -0.137. The normalized spacial score (nSPS) is 11.3. The summed E-state index contributed by atoms with van der Waals surface area (Å²) in [6.07, 6.45) is -0.990. The molecule has 0 fully saturated rings. The van der Waals surface area contributed by atoms with E-state index in [9.17, 15) is 18.0 Å². The first kappa shape index (κ1) is 19.5. The van der Waals surface area contributed by atoms with Crippen molar-refractivity contribution < 1.29 is 22.7 Å². The molecule has 28 heavy (non-hydrogen) atoms. The summed E-state index contributed by atoms with van der Waals surface area (Å²) in [4.78, 5) is 13.7. The Hall–Kier alpha value is -3.29. The Labute approximate surface area is 160 Å². The monoisotopic (exact) mass is 389 g/mol. The highest BCUT2D eigenvalue weighted by Crippen LogP contribution is 2.31. The van der Waals surface area contributed by atoms with Gasteiger partial charge in [0, 0.05) is 25.4 Å². The Morgan fingerprint density at radius 1 is 1.14 bits per heavy atom. The molecule has 1 amide bonds. The molecule has 0 aliphatic heterocycles. The molecule has 0 aliphatic rings. The third-order valence-corrected chi connectivity index (χ3v) is 4.03. The molecule has 0 radical (unpaired) electrons. The van der Waals surface area contributed by atoms with E-state index in [-0.39, 0.29) is 18.3 Å². The molecule has 1 aromatic heterocycles. The van der Waals surface area contributed by atoms with Gasteiger partial charge in [-0.2, -0.15) is 18.3 Å². The minimum Gasteiger partial charge on any atom is -0.484 e. The molecule has 8 heteroatoms. The Morgan fingerprint density at radius 2 is 1.89 bits per heavy atom. The fourth-order valence-electron chi connectivity index (χ4n) is 2.54. The van der Waals surface area contributed by atoms with Gasteiger partial charge in [-0.25, -0.2) is 4.68 Å². The van der Waals surface area contributed by atoms with Crippen LogP contribution in [-0.2, 0) is 17.5 Å². The number of rotatable bonds is 6. The molecule has 0 N–H and O–H groups in total. The van der Waals surface area contributed by atoms with Gasteiger partial charge in [0.25, 0.3) is 5.91 Å². The van der Waals surface area contributed by atoms with Gasteiger partial charge < -0.3 is 9.64 Å². The number of para-hydroxylation sites is 1. The average Bonchev–Trinajstić information content (AvgIpc) is 3.15. The Kier molecular flexibility index (Phi) is 5.67. The van der Waals surface area contributed by atoms with Gasteiger partial charge in [0.05, 0.1) is 17.4 Å². The van der Waals surface area contributed by atoms with E-state index in [1.165, 1.54) is 17.0 Å². The van der Waals surface area contributed by atoms with Gasteiger partial charge in [-0.15, -0.1) is 0 Å². The molecule has 0 saturated carbocycles. The molecule has 3 rings (SSSR count). The number of nitrogens with zero attached hydrogens (tertiary/aromatic N) is 3. The SMILES string of the molecule is CN(Cc1cnn(-c2ccccc2)c1)C(=O)COc1cccc(C(F)(F)F)c1. The standard InChI is InChI=1S/C20H18F3N3O2/c1-25(12-15-11-24-26(13-15)17-7-3-2-4-8-17)19(27)14-28-18-9-5-6-16(10-18)20(21,22)23/h2-11,13H,12,14H2,1H3. The van der Waals surface area contributed by atoms with E-state index >= 15 is 0 Å². The van der Waals surface area contributed by atoms with Gasteiger partial charge in [0.1, 0.15) is 5.75 Å². The summed E-state index contributed by atoms with van der Waals surface area (Å²) in [7, 11) is 1.59. The van der Waals surface area contributed by atoms with Crippen LogP contribution in [0.1, 0.15) is 11.1 Å². The Balaban J connectivity index is 1.56. The highest BCUT2D eigenvalue weighted by molar-refractivity contribution is 5.77. The van der Waals surface area contributed by atoms with E-state index in [1.54, 1.807) is 17.9 Å². The zero-order valence-electron chi connectivity index (χ0n) is 15.1. The summed E-state index contributed by atoms with van der Waals surface area (Å²) in [5.74, 6) is -0.363. The zero-order chi connectivity index (χ0) is 20.1. The van der Waals surface area contributed by atoms with Crippen molar-refractivity contribution in [2.75, 3.05) is 13.7 Å². The summed E-state index contributed by atoms with van der Waals surface area (Å²) in [6, 6.07) is 14.0. The minimum absolute atomic E-state index is 0.00604. The maximum Gasteiger partial charge on any atom is 0.416 e. The highest BCUT2D eigenvalue weighted by Gasteiger charge is 2.30. The van der Waals surface area contributed by atoms with Crippen molar-refractivity contribution in [2.24, 2.45) is 0 Å². The first-order valence-corrected chi connectivity index (χ1v) is 8.46. The number of alkyl halides is 3. The number of halogens is 3. The van der Waals surface area contributed by atoms with E-state index in [2.05, 4.69) is 5.10 Å². The predicted molar refractivity (Wildman–Crippen MR) is 97.0 cm³/mol. The lowest BCUT2D eigenvalue weighted by atomic mass is 10.2. The second kappa shape index (κ2) is 8.16. The average molecular weight is 389 g/mol. The highest BCUT2D eigenvalue weighted by atomic mass is 19.4. The molecule has 0 saturated heterocycles. The van der Waals surface area contributed by atoms with Gasteiger partial charge in [-0.05, 0) is 30.3 Å². The fraction of sp³-hybridized carbons (Fsp3) is 0.200. The largest absolute Gasteiger partial charge is 0.484 e. The summed E-state index contributed by atoms with van der Waals surface area (Å²) in [6.45, 7) is -0.0533. The second-order valence-corrected chi connectivity index (χ2v) is 6.19. The van der Waals surface area contributed by atoms with Crippen LogP contribution >= 0.6 is 0 Å². The quantitative estimate of drug-likeness (QED) is 0.642. The molecular formula is C20H18F3N3O2. The van der Waals surface area contributed by atoms with Crippen molar-refractivity contribution in [3.8, 4) is 11.4 Å². The number of hydrogen-bond acceptors (Lipinski definition) is 3. The summed E-state index contributed by atoms with van der Waals surface area (Å²) >= 11 is 0. The topological polar surface area (TPSA) is 47.4 Å². The van der Waals surface area contributed by atoms with E-state index in [4.69, 9.17) is 4.74 Å². The van der Waals surface area contributed by atoms with Gasteiger partial charge in [-0.1, -0.05) is 24.3 Å². The van der Waals surface area contributed by atoms with Crippen molar-refractivity contribution in [1.82, 2.24) is 14.7 Å². The first-order chi connectivity index (χ1) is 13.3. The molecule has 0 unspecified atom stereocenters. The number of carbonyl (C=O) groups is 1. The number of likely N-dealkylation sites (N-methyl/N-ethyl adjacent to an activating group) is 1. The smallest absolute Gasteiger partial charge is 0.416 e. The zero-order valence-corrected chi connectivity index (χ0v) is 15.1. The Bertz CT molecular complexity index is 939. The minimum atomic E-state index is -4.46. The van der Waals surface area contributed by atoms with Crippen LogP contribution in [0.25, 0.3) is 5.69 Å². The molecule has 2 aromatic carbocycles. The molecule has 0 aliphatic carbocycles. The van der Waals surface area contributed by atoms with Crippen LogP contribution in [0.3, 0.4) is 0 Å². The molecule has 1 heterocycles. The van der Waals surface area contributed by atoms with Crippen LogP contribution in [0.15, 0.2) is 67.0 Å². The maximum atomic E-state index is 12.7. The van der Waals surface area contributed by atoms with Gasteiger partial charge in [0.2, 0.25) is 0 Å². The van der Waals surface area contributed by atoms with E-state index in [0.29, 0.717) is 6.54 Å². The lowest BCUT2D eigenvalue weighted by Gasteiger charge is -2.17. The molecule has 146 valence electrons. The van der Waals surface area contributed by atoms with Crippen molar-refractivity contribution in [1.29, 1.82) is 0 Å². The van der Waals surface area contributed by atoms with E-state index < -0.39 is 11.7 Å². The number of benzene rings is 2.